The zero-order valence-corrected chi connectivity index (χ0v) is 21.8. The summed E-state index contributed by atoms with van der Waals surface area (Å²) < 4.78 is 15.8. The summed E-state index contributed by atoms with van der Waals surface area (Å²) in [5, 5.41) is 8.13. The topological polar surface area (TPSA) is 49.3 Å². The van der Waals surface area contributed by atoms with Crippen LogP contribution < -0.4 is 10.6 Å². The van der Waals surface area contributed by atoms with Crippen molar-refractivity contribution in [3.05, 3.63) is 53.0 Å². The van der Waals surface area contributed by atoms with Gasteiger partial charge in [0, 0.05) is 61.8 Å². The number of aromatic nitrogens is 1. The number of nitrogens with zero attached hydrogens (tertiary/aromatic N) is 2. The Balaban J connectivity index is 1.53. The number of piperazine rings is 1. The van der Waals surface area contributed by atoms with E-state index in [0.717, 1.165) is 55.3 Å². The van der Waals surface area contributed by atoms with E-state index in [2.05, 4.69) is 51.0 Å². The third-order valence-corrected chi connectivity index (χ3v) is 8.48. The predicted molar refractivity (Wildman–Crippen MR) is 141 cm³/mol. The van der Waals surface area contributed by atoms with E-state index in [-0.39, 0.29) is 17.7 Å². The SMILES string of the molecule is Cc1c(C)n(CC2CC2)c2c(NCC3C=CC(F)=CC3(C)Br)cc(C(=O)N3CCNCC3)cc12. The van der Waals surface area contributed by atoms with Crippen molar-refractivity contribution in [1.82, 2.24) is 14.8 Å². The van der Waals surface area contributed by atoms with Gasteiger partial charge < -0.3 is 20.1 Å². The second-order valence-electron chi connectivity index (χ2n) is 10.3. The van der Waals surface area contributed by atoms with Gasteiger partial charge in [-0.25, -0.2) is 4.39 Å². The quantitative estimate of drug-likeness (QED) is 0.499. The largest absolute Gasteiger partial charge is 0.383 e. The van der Waals surface area contributed by atoms with E-state index < -0.39 is 4.32 Å². The van der Waals surface area contributed by atoms with Crippen LogP contribution in [0.15, 0.2) is 36.2 Å². The summed E-state index contributed by atoms with van der Waals surface area (Å²) in [6.45, 7) is 11.1. The van der Waals surface area contributed by atoms with Crippen LogP contribution >= 0.6 is 15.9 Å². The number of hydrogen-bond acceptors (Lipinski definition) is 3. The lowest BCUT2D eigenvalue weighted by molar-refractivity contribution is 0.0736. The molecule has 1 aliphatic heterocycles. The van der Waals surface area contributed by atoms with Gasteiger partial charge in [0.05, 0.1) is 15.5 Å². The summed E-state index contributed by atoms with van der Waals surface area (Å²) in [4.78, 5) is 15.4. The van der Waals surface area contributed by atoms with Crippen LogP contribution in [0, 0.1) is 25.7 Å². The Hall–Kier alpha value is -2.12. The van der Waals surface area contributed by atoms with Crippen molar-refractivity contribution in [2.45, 2.75) is 44.5 Å². The minimum absolute atomic E-state index is 0.0728. The first-order chi connectivity index (χ1) is 16.2. The van der Waals surface area contributed by atoms with Crippen LogP contribution in [0.5, 0.6) is 0 Å². The molecule has 0 radical (unpaired) electrons. The lowest BCUT2D eigenvalue weighted by Crippen LogP contribution is -2.46. The number of carbonyl (C=O) groups is 1. The number of rotatable bonds is 6. The number of halogens is 2. The zero-order valence-electron chi connectivity index (χ0n) is 20.3. The van der Waals surface area contributed by atoms with Gasteiger partial charge in [-0.05, 0) is 69.4 Å². The fourth-order valence-electron chi connectivity index (χ4n) is 5.18. The van der Waals surface area contributed by atoms with Gasteiger partial charge >= 0.3 is 0 Å². The summed E-state index contributed by atoms with van der Waals surface area (Å²) in [5.74, 6) is 0.685. The Kier molecular flexibility index (Phi) is 6.36. The number of alkyl halides is 1. The molecule has 7 heteroatoms. The average molecular weight is 529 g/mol. The van der Waals surface area contributed by atoms with E-state index in [4.69, 9.17) is 0 Å². The number of hydrogen-bond donors (Lipinski definition) is 2. The molecule has 2 aromatic rings. The number of benzene rings is 1. The molecule has 2 N–H and O–H groups in total. The van der Waals surface area contributed by atoms with E-state index in [1.165, 1.54) is 29.6 Å². The van der Waals surface area contributed by atoms with E-state index in [1.54, 1.807) is 12.2 Å². The molecule has 2 aliphatic carbocycles. The standard InChI is InChI=1S/C27H34BrFN4O/c1-17-18(2)33(16-19-4-5-19)25-23(17)12-20(26(34)32-10-8-30-9-11-32)13-24(25)31-15-21-6-7-22(29)14-27(21,3)28/h6-7,12-14,19,21,30-31H,4-5,8-11,15-16H2,1-3H3. The Bertz CT molecular complexity index is 1170. The van der Waals surface area contributed by atoms with Gasteiger partial charge in [0.15, 0.2) is 0 Å². The van der Waals surface area contributed by atoms with Crippen LogP contribution in [0.3, 0.4) is 0 Å². The first kappa shape index (κ1) is 23.6. The fraction of sp³-hybridized carbons (Fsp3) is 0.519. The highest BCUT2D eigenvalue weighted by Crippen LogP contribution is 2.39. The molecule has 3 aliphatic rings. The molecule has 5 rings (SSSR count). The zero-order chi connectivity index (χ0) is 24.0. The molecule has 2 unspecified atom stereocenters. The van der Waals surface area contributed by atoms with E-state index in [0.29, 0.717) is 6.54 Å². The van der Waals surface area contributed by atoms with Crippen LogP contribution in [0.4, 0.5) is 10.1 Å². The first-order valence-corrected chi connectivity index (χ1v) is 13.2. The number of allylic oxidation sites excluding steroid dienone is 3. The smallest absolute Gasteiger partial charge is 0.254 e. The first-order valence-electron chi connectivity index (χ1n) is 12.4. The Morgan fingerprint density at radius 3 is 2.68 bits per heavy atom. The molecule has 1 saturated carbocycles. The van der Waals surface area contributed by atoms with Crippen molar-refractivity contribution in [3.8, 4) is 0 Å². The molecule has 2 heterocycles. The summed E-state index contributed by atoms with van der Waals surface area (Å²) >= 11 is 3.70. The molecule has 0 spiro atoms. The maximum absolute atomic E-state index is 13.8. The normalized spacial score (nSPS) is 25.0. The monoisotopic (exact) mass is 528 g/mol. The molecule has 1 aromatic carbocycles. The van der Waals surface area contributed by atoms with E-state index in [9.17, 15) is 9.18 Å². The average Bonchev–Trinajstić information content (AvgIpc) is 3.60. The van der Waals surface area contributed by atoms with Gasteiger partial charge in [0.1, 0.15) is 5.83 Å². The van der Waals surface area contributed by atoms with Gasteiger partial charge in [-0.3, -0.25) is 4.79 Å². The van der Waals surface area contributed by atoms with Crippen molar-refractivity contribution >= 4 is 38.4 Å². The minimum Gasteiger partial charge on any atom is -0.383 e. The predicted octanol–water partition coefficient (Wildman–Crippen LogP) is 5.32. The van der Waals surface area contributed by atoms with Gasteiger partial charge in [-0.15, -0.1) is 0 Å². The fourth-order valence-corrected chi connectivity index (χ4v) is 5.71. The lowest BCUT2D eigenvalue weighted by atomic mass is 9.89. The summed E-state index contributed by atoms with van der Waals surface area (Å²) in [7, 11) is 0. The highest BCUT2D eigenvalue weighted by atomic mass is 79.9. The Morgan fingerprint density at radius 1 is 1.26 bits per heavy atom. The van der Waals surface area contributed by atoms with Crippen LogP contribution in [-0.4, -0.2) is 52.4 Å². The van der Waals surface area contributed by atoms with Crippen LogP contribution in [0.1, 0.15) is 41.4 Å². The maximum Gasteiger partial charge on any atom is 0.254 e. The van der Waals surface area contributed by atoms with Crippen molar-refractivity contribution in [2.75, 3.05) is 38.0 Å². The molecule has 0 bridgehead atoms. The number of anilines is 1. The van der Waals surface area contributed by atoms with Crippen molar-refractivity contribution < 1.29 is 9.18 Å². The maximum atomic E-state index is 13.8. The number of amides is 1. The second-order valence-corrected chi connectivity index (χ2v) is 12.0. The second kappa shape index (κ2) is 9.15. The molecular formula is C27H34BrFN4O. The molecule has 34 heavy (non-hydrogen) atoms. The van der Waals surface area contributed by atoms with Crippen molar-refractivity contribution in [3.63, 3.8) is 0 Å². The molecule has 2 atom stereocenters. The number of fused-ring (bicyclic) bond motifs is 1. The lowest BCUT2D eigenvalue weighted by Gasteiger charge is -2.31. The number of aryl methyl sites for hydroxylation is 1. The third-order valence-electron chi connectivity index (χ3n) is 7.67. The van der Waals surface area contributed by atoms with Crippen LogP contribution in [-0.2, 0) is 6.54 Å². The summed E-state index contributed by atoms with van der Waals surface area (Å²) in [5.41, 5.74) is 5.40. The Labute approximate surface area is 209 Å². The number of nitrogens with one attached hydrogen (secondary N) is 2. The highest BCUT2D eigenvalue weighted by Gasteiger charge is 2.31. The van der Waals surface area contributed by atoms with Gasteiger partial charge in [0.2, 0.25) is 0 Å². The van der Waals surface area contributed by atoms with Gasteiger partial charge in [-0.2, -0.15) is 0 Å². The van der Waals surface area contributed by atoms with Gasteiger partial charge in [0.25, 0.3) is 5.91 Å². The summed E-state index contributed by atoms with van der Waals surface area (Å²) in [6.07, 6.45) is 7.66. The van der Waals surface area contributed by atoms with Crippen LogP contribution in [0.25, 0.3) is 10.9 Å². The van der Waals surface area contributed by atoms with Crippen molar-refractivity contribution in [2.24, 2.45) is 11.8 Å². The Morgan fingerprint density at radius 2 is 2.00 bits per heavy atom. The molecule has 1 amide bonds. The molecule has 1 saturated heterocycles. The highest BCUT2D eigenvalue weighted by molar-refractivity contribution is 9.10. The van der Waals surface area contributed by atoms with Gasteiger partial charge in [-0.1, -0.05) is 22.0 Å². The molecule has 182 valence electrons. The van der Waals surface area contributed by atoms with E-state index in [1.807, 2.05) is 24.0 Å². The third kappa shape index (κ3) is 4.57. The van der Waals surface area contributed by atoms with Crippen molar-refractivity contribution in [1.29, 1.82) is 0 Å². The molecule has 2 fully saturated rings. The summed E-state index contributed by atoms with van der Waals surface area (Å²) in [6, 6.07) is 4.12. The number of carbonyl (C=O) groups excluding carboxylic acids is 1. The molecule has 5 nitrogen and oxygen atoms in total. The molecule has 1 aromatic heterocycles. The van der Waals surface area contributed by atoms with Crippen LogP contribution in [0.2, 0.25) is 0 Å². The minimum atomic E-state index is -0.464. The molecular weight excluding hydrogens is 495 g/mol. The van der Waals surface area contributed by atoms with E-state index >= 15 is 0 Å².